The quantitative estimate of drug-likeness (QED) is 0.689. The number of carbonyl (C=O) groups is 3. The first-order chi connectivity index (χ1) is 10.3. The van der Waals surface area contributed by atoms with Crippen molar-refractivity contribution >= 4 is 17.9 Å². The number of phenols is 1. The third kappa shape index (κ3) is 4.37. The van der Waals surface area contributed by atoms with Gasteiger partial charge in [-0.05, 0) is 18.1 Å². The number of primary amides is 1. The number of benzene rings is 1. The summed E-state index contributed by atoms with van der Waals surface area (Å²) < 4.78 is 9.96. The number of aromatic hydroxyl groups is 1. The van der Waals surface area contributed by atoms with Gasteiger partial charge in [0.05, 0.1) is 7.11 Å². The van der Waals surface area contributed by atoms with Crippen molar-refractivity contribution in [2.75, 3.05) is 7.11 Å². The molecule has 0 radical (unpaired) electrons. The molecule has 1 aromatic carbocycles. The summed E-state index contributed by atoms with van der Waals surface area (Å²) in [4.78, 5) is 34.5. The van der Waals surface area contributed by atoms with Gasteiger partial charge in [-0.3, -0.25) is 10.1 Å². The van der Waals surface area contributed by atoms with Crippen LogP contribution in [-0.4, -0.2) is 36.2 Å². The molecule has 8 nitrogen and oxygen atoms in total. The van der Waals surface area contributed by atoms with Crippen LogP contribution in [0.3, 0.4) is 0 Å². The van der Waals surface area contributed by atoms with Crippen LogP contribution in [0.2, 0.25) is 0 Å². The van der Waals surface area contributed by atoms with Gasteiger partial charge in [-0.2, -0.15) is 0 Å². The predicted octanol–water partition coefficient (Wildman–Crippen LogP) is 0.777. The Hall–Kier alpha value is -2.77. The zero-order valence-corrected chi connectivity index (χ0v) is 12.5. The van der Waals surface area contributed by atoms with Crippen LogP contribution in [0.4, 0.5) is 4.79 Å². The Bertz CT molecular complexity index is 585. The summed E-state index contributed by atoms with van der Waals surface area (Å²) in [5.41, 5.74) is 4.74. The number of urea groups is 1. The zero-order valence-electron chi connectivity index (χ0n) is 12.5. The van der Waals surface area contributed by atoms with E-state index in [2.05, 4.69) is 0 Å². The Morgan fingerprint density at radius 3 is 2.36 bits per heavy atom. The van der Waals surface area contributed by atoms with Crippen LogP contribution in [0.25, 0.3) is 0 Å². The number of imide groups is 1. The third-order valence-electron chi connectivity index (χ3n) is 2.77. The van der Waals surface area contributed by atoms with Gasteiger partial charge in [-0.15, -0.1) is 0 Å². The summed E-state index contributed by atoms with van der Waals surface area (Å²) >= 11 is 0. The van der Waals surface area contributed by atoms with E-state index in [0.717, 1.165) is 0 Å². The number of esters is 1. The van der Waals surface area contributed by atoms with E-state index in [4.69, 9.17) is 15.2 Å². The molecule has 1 aromatic rings. The molecule has 0 aliphatic rings. The summed E-state index contributed by atoms with van der Waals surface area (Å²) in [6.07, 6.45) is -1.22. The van der Waals surface area contributed by atoms with Crippen LogP contribution >= 0.6 is 0 Å². The Kier molecular flexibility index (Phi) is 5.73. The van der Waals surface area contributed by atoms with E-state index in [0.29, 0.717) is 5.75 Å². The zero-order chi connectivity index (χ0) is 16.9. The molecule has 0 aliphatic carbocycles. The van der Waals surface area contributed by atoms with Crippen LogP contribution in [0, 0.1) is 5.92 Å². The molecule has 22 heavy (non-hydrogen) atoms. The average Bonchev–Trinajstić information content (AvgIpc) is 2.42. The number of ether oxygens (including phenoxy) is 2. The number of rotatable bonds is 5. The third-order valence-corrected chi connectivity index (χ3v) is 2.77. The molecule has 0 heterocycles. The maximum absolute atomic E-state index is 12.1. The molecule has 0 aromatic heterocycles. The normalized spacial score (nSPS) is 11.6. The van der Waals surface area contributed by atoms with Crippen molar-refractivity contribution in [1.82, 2.24) is 5.32 Å². The minimum Gasteiger partial charge on any atom is -0.507 e. The second kappa shape index (κ2) is 7.30. The highest BCUT2D eigenvalue weighted by Crippen LogP contribution is 2.24. The van der Waals surface area contributed by atoms with Gasteiger partial charge in [-0.25, -0.2) is 9.59 Å². The lowest BCUT2D eigenvalue weighted by atomic mass is 10.1. The van der Waals surface area contributed by atoms with Crippen LogP contribution in [0.15, 0.2) is 18.2 Å². The molecule has 4 N–H and O–H groups in total. The lowest BCUT2D eigenvalue weighted by molar-refractivity contribution is -0.130. The molecule has 0 unspecified atom stereocenters. The van der Waals surface area contributed by atoms with Crippen LogP contribution in [0.1, 0.15) is 24.2 Å². The van der Waals surface area contributed by atoms with E-state index in [-0.39, 0.29) is 11.3 Å². The van der Waals surface area contributed by atoms with E-state index in [9.17, 15) is 19.5 Å². The maximum Gasteiger partial charge on any atom is 0.342 e. The molecule has 120 valence electrons. The number of hydrogen-bond acceptors (Lipinski definition) is 6. The Morgan fingerprint density at radius 1 is 1.27 bits per heavy atom. The van der Waals surface area contributed by atoms with Gasteiger partial charge in [0, 0.05) is 6.07 Å². The van der Waals surface area contributed by atoms with Gasteiger partial charge in [0.25, 0.3) is 5.91 Å². The van der Waals surface area contributed by atoms with Gasteiger partial charge in [0.15, 0.2) is 6.10 Å². The van der Waals surface area contributed by atoms with E-state index in [1.54, 1.807) is 13.8 Å². The minimum atomic E-state index is -1.22. The van der Waals surface area contributed by atoms with Gasteiger partial charge < -0.3 is 20.3 Å². The lowest BCUT2D eigenvalue weighted by Gasteiger charge is -2.20. The molecule has 8 heteroatoms. The highest BCUT2D eigenvalue weighted by atomic mass is 16.5. The van der Waals surface area contributed by atoms with Gasteiger partial charge in [0.1, 0.15) is 17.1 Å². The van der Waals surface area contributed by atoms with E-state index >= 15 is 0 Å². The maximum atomic E-state index is 12.1. The van der Waals surface area contributed by atoms with E-state index in [1.165, 1.54) is 25.3 Å². The first-order valence-electron chi connectivity index (χ1n) is 6.44. The smallest absolute Gasteiger partial charge is 0.342 e. The van der Waals surface area contributed by atoms with Crippen molar-refractivity contribution in [3.63, 3.8) is 0 Å². The second-order valence-electron chi connectivity index (χ2n) is 4.81. The summed E-state index contributed by atoms with van der Waals surface area (Å²) in [5.74, 6) is -2.12. The minimum absolute atomic E-state index is 0.127. The van der Waals surface area contributed by atoms with Crippen molar-refractivity contribution < 1.29 is 29.0 Å². The van der Waals surface area contributed by atoms with Crippen molar-refractivity contribution in [3.05, 3.63) is 23.8 Å². The first kappa shape index (κ1) is 17.3. The van der Waals surface area contributed by atoms with Crippen molar-refractivity contribution in [1.29, 1.82) is 0 Å². The topological polar surface area (TPSA) is 128 Å². The van der Waals surface area contributed by atoms with Crippen molar-refractivity contribution in [3.8, 4) is 11.5 Å². The molecule has 0 bridgehead atoms. The second-order valence-corrected chi connectivity index (χ2v) is 4.81. The Balaban J connectivity index is 2.92. The van der Waals surface area contributed by atoms with Crippen molar-refractivity contribution in [2.45, 2.75) is 20.0 Å². The van der Waals surface area contributed by atoms with Gasteiger partial charge >= 0.3 is 12.0 Å². The fraction of sp³-hybridized carbons (Fsp3) is 0.357. The fourth-order valence-corrected chi connectivity index (χ4v) is 1.67. The molecular formula is C14H18N2O6. The fourth-order valence-electron chi connectivity index (χ4n) is 1.67. The number of phenolic OH excluding ortho intramolecular Hbond substituents is 1. The van der Waals surface area contributed by atoms with Crippen LogP contribution in [0.5, 0.6) is 11.5 Å². The number of methoxy groups -OCH3 is 1. The number of amides is 3. The Morgan fingerprint density at radius 2 is 1.91 bits per heavy atom. The Labute approximate surface area is 127 Å². The molecule has 0 saturated heterocycles. The molecule has 0 fully saturated rings. The summed E-state index contributed by atoms with van der Waals surface area (Å²) in [5, 5.41) is 11.6. The average molecular weight is 310 g/mol. The molecule has 0 aliphatic heterocycles. The summed E-state index contributed by atoms with van der Waals surface area (Å²) in [7, 11) is 1.41. The molecule has 3 amide bonds. The van der Waals surface area contributed by atoms with Crippen molar-refractivity contribution in [2.24, 2.45) is 11.7 Å². The number of carbonyl (C=O) groups excluding carboxylic acids is 3. The summed E-state index contributed by atoms with van der Waals surface area (Å²) in [6.45, 7) is 3.26. The largest absolute Gasteiger partial charge is 0.507 e. The number of nitrogens with two attached hydrogens (primary N) is 1. The van der Waals surface area contributed by atoms with Gasteiger partial charge in [-0.1, -0.05) is 13.8 Å². The predicted molar refractivity (Wildman–Crippen MR) is 76.4 cm³/mol. The van der Waals surface area contributed by atoms with Crippen LogP contribution < -0.4 is 15.8 Å². The van der Waals surface area contributed by atoms with Gasteiger partial charge in [0.2, 0.25) is 0 Å². The van der Waals surface area contributed by atoms with Crippen LogP contribution in [-0.2, 0) is 9.53 Å². The first-order valence-corrected chi connectivity index (χ1v) is 6.44. The summed E-state index contributed by atoms with van der Waals surface area (Å²) in [6, 6.07) is 2.97. The molecule has 1 rings (SSSR count). The molecule has 0 spiro atoms. The highest BCUT2D eigenvalue weighted by molar-refractivity contribution is 5.99. The number of nitrogens with one attached hydrogen (secondary N) is 1. The monoisotopic (exact) mass is 310 g/mol. The number of hydrogen-bond donors (Lipinski definition) is 3. The molecule has 1 atom stereocenters. The highest BCUT2D eigenvalue weighted by Gasteiger charge is 2.28. The van der Waals surface area contributed by atoms with E-state index < -0.39 is 29.9 Å². The SMILES string of the molecule is COc1ccc(C(=O)O[C@@H](C(=O)NC(N)=O)C(C)C)c(O)c1. The lowest BCUT2D eigenvalue weighted by Crippen LogP contribution is -2.45. The molecule has 0 saturated carbocycles. The van der Waals surface area contributed by atoms with E-state index in [1.807, 2.05) is 5.32 Å². The standard InChI is InChI=1S/C14H18N2O6/c1-7(2)11(12(18)16-14(15)20)22-13(19)9-5-4-8(21-3)6-10(9)17/h4-7,11,17H,1-3H3,(H3,15,16,18,20)/t11-/m1/s1. The molecular weight excluding hydrogens is 292 g/mol.